The van der Waals surface area contributed by atoms with Gasteiger partial charge in [0.1, 0.15) is 29.5 Å². The Bertz CT molecular complexity index is 800. The Balaban J connectivity index is 1.75. The highest BCUT2D eigenvalue weighted by molar-refractivity contribution is 5.90. The zero-order chi connectivity index (χ0) is 18.7. The maximum atomic E-state index is 13.2. The van der Waals surface area contributed by atoms with Crippen LogP contribution >= 0.6 is 0 Å². The van der Waals surface area contributed by atoms with Gasteiger partial charge in [-0.3, -0.25) is 4.79 Å². The fraction of sp³-hybridized carbons (Fsp3) is 0.400. The molecule has 2 aromatic rings. The summed E-state index contributed by atoms with van der Waals surface area (Å²) < 4.78 is 28.9. The Morgan fingerprint density at radius 3 is 2.46 bits per heavy atom. The van der Waals surface area contributed by atoms with Crippen LogP contribution < -0.4 is 0 Å². The van der Waals surface area contributed by atoms with Crippen molar-refractivity contribution >= 4 is 11.9 Å². The van der Waals surface area contributed by atoms with Gasteiger partial charge in [0.05, 0.1) is 12.5 Å². The summed E-state index contributed by atoms with van der Waals surface area (Å²) in [6.07, 6.45) is 3.17. The second-order valence-electron chi connectivity index (χ2n) is 6.55. The Hall–Kier alpha value is -2.63. The van der Waals surface area contributed by atoms with Crippen LogP contribution in [0.2, 0.25) is 0 Å². The molecule has 0 amide bonds. The molecule has 1 aromatic carbocycles. The molecular formula is C20H21FO5. The first-order valence-corrected chi connectivity index (χ1v) is 8.57. The summed E-state index contributed by atoms with van der Waals surface area (Å²) in [6.45, 7) is 1.58. The molecule has 0 unspecified atom stereocenters. The summed E-state index contributed by atoms with van der Waals surface area (Å²) in [6, 6.07) is 7.54. The van der Waals surface area contributed by atoms with Crippen molar-refractivity contribution < 1.29 is 27.9 Å². The lowest BCUT2D eigenvalue weighted by Crippen LogP contribution is -2.34. The van der Waals surface area contributed by atoms with Crippen LogP contribution in [0, 0.1) is 12.7 Å². The van der Waals surface area contributed by atoms with Crippen LogP contribution in [0.5, 0.6) is 0 Å². The molecule has 1 heterocycles. The van der Waals surface area contributed by atoms with Gasteiger partial charge in [0.2, 0.25) is 0 Å². The predicted molar refractivity (Wildman–Crippen MR) is 91.1 cm³/mol. The van der Waals surface area contributed by atoms with Gasteiger partial charge in [-0.25, -0.2) is 9.18 Å². The molecule has 5 nitrogen and oxygen atoms in total. The molecule has 0 bridgehead atoms. The number of ether oxygens (including phenoxy) is 2. The van der Waals surface area contributed by atoms with Crippen LogP contribution in [0.25, 0.3) is 0 Å². The van der Waals surface area contributed by atoms with E-state index < -0.39 is 11.4 Å². The van der Waals surface area contributed by atoms with E-state index in [0.29, 0.717) is 29.9 Å². The number of esters is 2. The van der Waals surface area contributed by atoms with Gasteiger partial charge < -0.3 is 13.9 Å². The van der Waals surface area contributed by atoms with Crippen molar-refractivity contribution in [3.05, 3.63) is 58.8 Å². The number of halogens is 1. The molecule has 1 aliphatic rings. The van der Waals surface area contributed by atoms with E-state index in [1.807, 2.05) is 0 Å². The van der Waals surface area contributed by atoms with Crippen molar-refractivity contribution in [2.24, 2.45) is 0 Å². The topological polar surface area (TPSA) is 65.7 Å². The quantitative estimate of drug-likeness (QED) is 0.752. The fourth-order valence-corrected chi connectivity index (χ4v) is 3.56. The standard InChI is InChI=1S/C20H21FO5/c1-13-17(18(22)24-2)11-16(26-13)12-25-19(23)20(9-3-4-10-20)14-5-7-15(21)8-6-14/h5-8,11H,3-4,9-10,12H2,1-2H3. The monoisotopic (exact) mass is 360 g/mol. The number of rotatable bonds is 5. The van der Waals surface area contributed by atoms with Gasteiger partial charge in [0, 0.05) is 0 Å². The number of methoxy groups -OCH3 is 1. The van der Waals surface area contributed by atoms with Gasteiger partial charge in [-0.1, -0.05) is 25.0 Å². The van der Waals surface area contributed by atoms with Gasteiger partial charge in [0.15, 0.2) is 0 Å². The smallest absolute Gasteiger partial charge is 0.341 e. The summed E-state index contributed by atoms with van der Waals surface area (Å²) in [5, 5.41) is 0. The summed E-state index contributed by atoms with van der Waals surface area (Å²) in [7, 11) is 1.29. The SMILES string of the molecule is COC(=O)c1cc(COC(=O)C2(c3ccc(F)cc3)CCCC2)oc1C. The second-order valence-corrected chi connectivity index (χ2v) is 6.55. The van der Waals surface area contributed by atoms with Crippen LogP contribution in [0.3, 0.4) is 0 Å². The number of furan rings is 1. The molecule has 26 heavy (non-hydrogen) atoms. The Kier molecular flexibility index (Phi) is 5.11. The molecule has 1 saturated carbocycles. The zero-order valence-electron chi connectivity index (χ0n) is 14.8. The third kappa shape index (κ3) is 3.36. The Morgan fingerprint density at radius 2 is 1.85 bits per heavy atom. The predicted octanol–water partition coefficient (Wildman–Crippen LogP) is 4.07. The first-order valence-electron chi connectivity index (χ1n) is 8.57. The summed E-state index contributed by atoms with van der Waals surface area (Å²) in [5.74, 6) is -0.394. The lowest BCUT2D eigenvalue weighted by atomic mass is 9.79. The average molecular weight is 360 g/mol. The number of carbonyl (C=O) groups excluding carboxylic acids is 2. The van der Waals surface area contributed by atoms with Crippen molar-refractivity contribution in [3.63, 3.8) is 0 Å². The molecule has 1 aromatic heterocycles. The van der Waals surface area contributed by atoms with Crippen LogP contribution in [-0.2, 0) is 26.3 Å². The number of benzene rings is 1. The maximum Gasteiger partial charge on any atom is 0.341 e. The molecular weight excluding hydrogens is 339 g/mol. The average Bonchev–Trinajstić information content (AvgIpc) is 3.27. The van der Waals surface area contributed by atoms with Crippen molar-refractivity contribution in [3.8, 4) is 0 Å². The van der Waals surface area contributed by atoms with E-state index in [0.717, 1.165) is 18.4 Å². The van der Waals surface area contributed by atoms with Crippen molar-refractivity contribution in [2.45, 2.75) is 44.6 Å². The molecule has 138 valence electrons. The van der Waals surface area contributed by atoms with Crippen molar-refractivity contribution in [2.75, 3.05) is 7.11 Å². The lowest BCUT2D eigenvalue weighted by Gasteiger charge is -2.27. The Morgan fingerprint density at radius 1 is 1.19 bits per heavy atom. The van der Waals surface area contributed by atoms with Crippen LogP contribution in [0.1, 0.15) is 53.1 Å². The fourth-order valence-electron chi connectivity index (χ4n) is 3.56. The van der Waals surface area contributed by atoms with Gasteiger partial charge in [-0.05, 0) is 43.5 Å². The molecule has 0 radical (unpaired) electrons. The van der Waals surface area contributed by atoms with Crippen molar-refractivity contribution in [1.82, 2.24) is 0 Å². The number of hydrogen-bond acceptors (Lipinski definition) is 5. The van der Waals surface area contributed by atoms with E-state index in [-0.39, 0.29) is 18.4 Å². The number of hydrogen-bond donors (Lipinski definition) is 0. The van der Waals surface area contributed by atoms with Crippen LogP contribution in [0.15, 0.2) is 34.7 Å². The highest BCUT2D eigenvalue weighted by Crippen LogP contribution is 2.42. The molecule has 0 aliphatic heterocycles. The van der Waals surface area contributed by atoms with E-state index in [1.165, 1.54) is 25.3 Å². The van der Waals surface area contributed by atoms with Gasteiger partial charge in [-0.2, -0.15) is 0 Å². The molecule has 1 fully saturated rings. The largest absolute Gasteiger partial charge is 0.465 e. The zero-order valence-corrected chi connectivity index (χ0v) is 14.8. The minimum atomic E-state index is -0.749. The van der Waals surface area contributed by atoms with E-state index in [4.69, 9.17) is 9.15 Å². The molecule has 0 N–H and O–H groups in total. The molecule has 0 spiro atoms. The highest BCUT2D eigenvalue weighted by Gasteiger charge is 2.44. The molecule has 0 saturated heterocycles. The lowest BCUT2D eigenvalue weighted by molar-refractivity contribution is -0.152. The van der Waals surface area contributed by atoms with Gasteiger partial charge >= 0.3 is 11.9 Å². The summed E-state index contributed by atoms with van der Waals surface area (Å²) in [4.78, 5) is 24.5. The molecule has 3 rings (SSSR count). The Labute approximate surface area is 151 Å². The van der Waals surface area contributed by atoms with Crippen LogP contribution in [-0.4, -0.2) is 19.0 Å². The third-order valence-electron chi connectivity index (χ3n) is 4.96. The maximum absolute atomic E-state index is 13.2. The highest BCUT2D eigenvalue weighted by atomic mass is 19.1. The van der Waals surface area contributed by atoms with Crippen LogP contribution in [0.4, 0.5) is 4.39 Å². The number of carbonyl (C=O) groups is 2. The molecule has 0 atom stereocenters. The molecule has 1 aliphatic carbocycles. The molecule has 6 heteroatoms. The summed E-state index contributed by atoms with van der Waals surface area (Å²) >= 11 is 0. The van der Waals surface area contributed by atoms with Crippen molar-refractivity contribution in [1.29, 1.82) is 0 Å². The number of aryl methyl sites for hydroxylation is 1. The minimum absolute atomic E-state index is 0.0698. The minimum Gasteiger partial charge on any atom is -0.465 e. The summed E-state index contributed by atoms with van der Waals surface area (Å²) in [5.41, 5.74) is 0.334. The van der Waals surface area contributed by atoms with E-state index >= 15 is 0 Å². The second kappa shape index (κ2) is 7.32. The first-order chi connectivity index (χ1) is 12.5. The van der Waals surface area contributed by atoms with Gasteiger partial charge in [0.25, 0.3) is 0 Å². The third-order valence-corrected chi connectivity index (χ3v) is 4.96. The van der Waals surface area contributed by atoms with Gasteiger partial charge in [-0.15, -0.1) is 0 Å². The normalized spacial score (nSPS) is 15.7. The van der Waals surface area contributed by atoms with E-state index in [9.17, 15) is 14.0 Å². The van der Waals surface area contributed by atoms with E-state index in [2.05, 4.69) is 4.74 Å². The first kappa shape index (κ1) is 18.2. The van der Waals surface area contributed by atoms with E-state index in [1.54, 1.807) is 19.1 Å².